The summed E-state index contributed by atoms with van der Waals surface area (Å²) in [4.78, 5) is 7.55. The maximum atomic E-state index is 9.20. The molecule has 0 saturated heterocycles. The molecular weight excluding hydrogens is 222 g/mol. The smallest absolute Gasteiger partial charge is 0.131 e. The quantitative estimate of drug-likeness (QED) is 0.705. The fourth-order valence-electron chi connectivity index (χ4n) is 1.50. The Balaban J connectivity index is 2.23. The lowest BCUT2D eigenvalue weighted by Crippen LogP contribution is -2.35. The van der Waals surface area contributed by atoms with E-state index in [2.05, 4.69) is 15.3 Å². The lowest BCUT2D eigenvalue weighted by Gasteiger charge is -2.24. The molecule has 2 rings (SSSR count). The molecule has 88 valence electrons. The molecule has 1 saturated carbocycles. The minimum atomic E-state index is -0.361. The van der Waals surface area contributed by atoms with Gasteiger partial charge in [0.25, 0.3) is 0 Å². The van der Waals surface area contributed by atoms with Crippen molar-refractivity contribution in [3.8, 4) is 0 Å². The summed E-state index contributed by atoms with van der Waals surface area (Å²) in [7, 11) is 0. The van der Waals surface area contributed by atoms with Gasteiger partial charge in [0.1, 0.15) is 16.3 Å². The van der Waals surface area contributed by atoms with E-state index < -0.39 is 0 Å². The summed E-state index contributed by atoms with van der Waals surface area (Å²) in [5, 5.41) is 12.4. The number of aliphatic hydroxyl groups excluding tert-OH is 1. The van der Waals surface area contributed by atoms with Crippen molar-refractivity contribution in [3.05, 3.63) is 16.5 Å². The van der Waals surface area contributed by atoms with Crippen molar-refractivity contribution in [3.63, 3.8) is 0 Å². The predicted octanol–water partition coefficient (Wildman–Crippen LogP) is 2.20. The molecule has 3 N–H and O–H groups in total. The molecule has 0 amide bonds. The van der Waals surface area contributed by atoms with Crippen molar-refractivity contribution < 1.29 is 5.11 Å². The van der Waals surface area contributed by atoms with E-state index in [-0.39, 0.29) is 12.1 Å². The second-order valence-electron chi connectivity index (χ2n) is 4.96. The van der Waals surface area contributed by atoms with Crippen LogP contribution >= 0.6 is 12.2 Å². The van der Waals surface area contributed by atoms with Crippen LogP contribution in [0, 0.1) is 4.64 Å². The fourth-order valence-corrected chi connectivity index (χ4v) is 1.71. The first kappa shape index (κ1) is 11.5. The van der Waals surface area contributed by atoms with Crippen LogP contribution in [0.4, 0.5) is 5.82 Å². The molecule has 0 atom stereocenters. The molecular formula is C11H17N3OS. The molecule has 0 spiro atoms. The van der Waals surface area contributed by atoms with Gasteiger partial charge in [-0.2, -0.15) is 0 Å². The van der Waals surface area contributed by atoms with Gasteiger partial charge in [-0.3, -0.25) is 0 Å². The van der Waals surface area contributed by atoms with Crippen LogP contribution in [0.5, 0.6) is 0 Å². The van der Waals surface area contributed by atoms with Gasteiger partial charge in [0, 0.05) is 12.0 Å². The van der Waals surface area contributed by atoms with E-state index >= 15 is 0 Å². The van der Waals surface area contributed by atoms with E-state index in [4.69, 9.17) is 12.2 Å². The minimum absolute atomic E-state index is 0.0642. The van der Waals surface area contributed by atoms with E-state index in [0.717, 1.165) is 11.6 Å². The van der Waals surface area contributed by atoms with Gasteiger partial charge >= 0.3 is 0 Å². The molecule has 4 nitrogen and oxygen atoms in total. The van der Waals surface area contributed by atoms with Crippen LogP contribution in [0.2, 0.25) is 0 Å². The highest BCUT2D eigenvalue weighted by atomic mass is 32.1. The highest BCUT2D eigenvalue weighted by Crippen LogP contribution is 2.38. The van der Waals surface area contributed by atoms with E-state index in [1.807, 2.05) is 13.8 Å². The number of aliphatic hydroxyl groups is 1. The summed E-state index contributed by atoms with van der Waals surface area (Å²) < 4.78 is 0.594. The first-order chi connectivity index (χ1) is 7.50. The third kappa shape index (κ3) is 2.80. The number of aromatic nitrogens is 2. The van der Waals surface area contributed by atoms with Gasteiger partial charge in [-0.15, -0.1) is 0 Å². The number of rotatable bonds is 4. The standard InChI is InChI=1S/C11H17N3OS/c1-11(2,6-15)14-8-5-9(16)13-10(12-8)7-3-4-7/h5,7,15H,3-4,6H2,1-2H3,(H2,12,13,14,16). The van der Waals surface area contributed by atoms with Crippen LogP contribution in [0.15, 0.2) is 6.07 Å². The molecule has 0 radical (unpaired) electrons. The molecule has 1 aliphatic carbocycles. The number of anilines is 1. The van der Waals surface area contributed by atoms with Gasteiger partial charge in [-0.25, -0.2) is 4.98 Å². The number of nitrogens with one attached hydrogen (secondary N) is 2. The van der Waals surface area contributed by atoms with Gasteiger partial charge in [0.15, 0.2) is 0 Å². The van der Waals surface area contributed by atoms with Crippen LogP contribution in [0.25, 0.3) is 0 Å². The molecule has 1 aliphatic rings. The number of hydrogen-bond acceptors (Lipinski definition) is 4. The Morgan fingerprint density at radius 3 is 2.88 bits per heavy atom. The normalized spacial score (nSPS) is 16.2. The lowest BCUT2D eigenvalue weighted by molar-refractivity contribution is 0.234. The first-order valence-corrected chi connectivity index (χ1v) is 5.91. The molecule has 1 fully saturated rings. The van der Waals surface area contributed by atoms with Crippen LogP contribution in [-0.2, 0) is 0 Å². The highest BCUT2D eigenvalue weighted by molar-refractivity contribution is 7.71. The summed E-state index contributed by atoms with van der Waals surface area (Å²) in [6.45, 7) is 3.93. The average molecular weight is 239 g/mol. The Morgan fingerprint density at radius 2 is 2.31 bits per heavy atom. The number of hydrogen-bond donors (Lipinski definition) is 3. The molecule has 0 aromatic carbocycles. The van der Waals surface area contributed by atoms with Gasteiger partial charge in [0.05, 0.1) is 12.1 Å². The van der Waals surface area contributed by atoms with Crippen molar-refractivity contribution in [1.29, 1.82) is 0 Å². The van der Waals surface area contributed by atoms with Crippen LogP contribution in [0.3, 0.4) is 0 Å². The molecule has 1 aromatic rings. The third-order valence-corrected chi connectivity index (χ3v) is 2.80. The molecule has 0 unspecified atom stereocenters. The van der Waals surface area contributed by atoms with E-state index in [1.54, 1.807) is 6.07 Å². The summed E-state index contributed by atoms with van der Waals surface area (Å²) in [5.41, 5.74) is -0.361. The third-order valence-electron chi connectivity index (χ3n) is 2.59. The molecule has 1 heterocycles. The van der Waals surface area contributed by atoms with E-state index in [1.165, 1.54) is 12.8 Å². The summed E-state index contributed by atoms with van der Waals surface area (Å²) >= 11 is 5.13. The number of nitrogens with zero attached hydrogens (tertiary/aromatic N) is 1. The minimum Gasteiger partial charge on any atom is -0.394 e. The lowest BCUT2D eigenvalue weighted by atomic mass is 10.1. The van der Waals surface area contributed by atoms with E-state index in [9.17, 15) is 5.11 Å². The van der Waals surface area contributed by atoms with Crippen LogP contribution < -0.4 is 5.32 Å². The Morgan fingerprint density at radius 1 is 1.62 bits per heavy atom. The maximum absolute atomic E-state index is 9.20. The van der Waals surface area contributed by atoms with Crippen molar-refractivity contribution in [2.45, 2.75) is 38.1 Å². The average Bonchev–Trinajstić information content (AvgIpc) is 2.99. The number of H-pyrrole nitrogens is 1. The zero-order chi connectivity index (χ0) is 11.8. The van der Waals surface area contributed by atoms with Crippen molar-refractivity contribution >= 4 is 18.0 Å². The van der Waals surface area contributed by atoms with Gasteiger partial charge in [-0.1, -0.05) is 12.2 Å². The van der Waals surface area contributed by atoms with Gasteiger partial charge in [0.2, 0.25) is 0 Å². The first-order valence-electron chi connectivity index (χ1n) is 5.50. The second-order valence-corrected chi connectivity index (χ2v) is 5.38. The number of aromatic amines is 1. The Kier molecular flexibility index (Phi) is 2.99. The van der Waals surface area contributed by atoms with Crippen LogP contribution in [-0.4, -0.2) is 27.2 Å². The Bertz CT molecular complexity index is 437. The summed E-state index contributed by atoms with van der Waals surface area (Å²) in [6.07, 6.45) is 2.37. The summed E-state index contributed by atoms with van der Waals surface area (Å²) in [5.74, 6) is 2.34. The Hall–Kier alpha value is -0.940. The highest BCUT2D eigenvalue weighted by Gasteiger charge is 2.26. The van der Waals surface area contributed by atoms with Crippen LogP contribution in [0.1, 0.15) is 38.4 Å². The summed E-state index contributed by atoms with van der Waals surface area (Å²) in [6, 6.07) is 1.79. The SMILES string of the molecule is CC(C)(CO)Nc1cc(=S)nc(C2CC2)[nH]1. The van der Waals surface area contributed by atoms with Crippen molar-refractivity contribution in [2.75, 3.05) is 11.9 Å². The second kappa shape index (κ2) is 4.14. The van der Waals surface area contributed by atoms with Crippen molar-refractivity contribution in [1.82, 2.24) is 9.97 Å². The monoisotopic (exact) mass is 239 g/mol. The fraction of sp³-hybridized carbons (Fsp3) is 0.636. The predicted molar refractivity (Wildman–Crippen MR) is 66.2 cm³/mol. The maximum Gasteiger partial charge on any atom is 0.131 e. The largest absolute Gasteiger partial charge is 0.394 e. The topological polar surface area (TPSA) is 60.9 Å². The van der Waals surface area contributed by atoms with Crippen molar-refractivity contribution in [2.24, 2.45) is 0 Å². The molecule has 16 heavy (non-hydrogen) atoms. The van der Waals surface area contributed by atoms with Gasteiger partial charge < -0.3 is 15.4 Å². The zero-order valence-corrected chi connectivity index (χ0v) is 10.4. The molecule has 0 bridgehead atoms. The molecule has 0 aliphatic heterocycles. The van der Waals surface area contributed by atoms with E-state index in [0.29, 0.717) is 10.6 Å². The zero-order valence-electron chi connectivity index (χ0n) is 9.58. The molecule has 5 heteroatoms. The molecule has 1 aromatic heterocycles. The van der Waals surface area contributed by atoms with Gasteiger partial charge in [-0.05, 0) is 26.7 Å². The Labute approximate surface area is 100 Å².